The van der Waals surface area contributed by atoms with Crippen molar-refractivity contribution in [2.24, 2.45) is 0 Å². The standard InChI is InChI=1S/C19H17ClN4O2S/c20-15-8-6-14(7-9-15)17-21-22-18(24(17)16-4-2-1-3-5-16)27-13-11-23-10-12-26-19(23)25/h1-9H,10-13H2. The van der Waals surface area contributed by atoms with E-state index in [9.17, 15) is 4.79 Å². The highest BCUT2D eigenvalue weighted by atomic mass is 35.5. The summed E-state index contributed by atoms with van der Waals surface area (Å²) in [4.78, 5) is 13.3. The van der Waals surface area contributed by atoms with Crippen molar-refractivity contribution in [1.82, 2.24) is 19.7 Å². The topological polar surface area (TPSA) is 60.2 Å². The Morgan fingerprint density at radius 3 is 2.56 bits per heavy atom. The third-order valence-electron chi connectivity index (χ3n) is 4.19. The number of benzene rings is 2. The molecule has 3 aromatic rings. The molecular formula is C19H17ClN4O2S. The molecule has 1 fully saturated rings. The monoisotopic (exact) mass is 400 g/mol. The molecular weight excluding hydrogens is 384 g/mol. The van der Waals surface area contributed by atoms with Gasteiger partial charge < -0.3 is 9.64 Å². The Hall–Kier alpha value is -2.51. The second-order valence-electron chi connectivity index (χ2n) is 5.93. The number of para-hydroxylation sites is 1. The van der Waals surface area contributed by atoms with Crippen LogP contribution in [-0.4, -0.2) is 51.2 Å². The SMILES string of the molecule is O=C1OCCN1CCSc1nnc(-c2ccc(Cl)cc2)n1-c1ccccc1. The molecule has 8 heteroatoms. The molecule has 138 valence electrons. The minimum atomic E-state index is -0.248. The maximum Gasteiger partial charge on any atom is 0.409 e. The van der Waals surface area contributed by atoms with E-state index in [1.54, 1.807) is 16.7 Å². The van der Waals surface area contributed by atoms with Crippen molar-refractivity contribution in [2.45, 2.75) is 5.16 Å². The highest BCUT2D eigenvalue weighted by Gasteiger charge is 2.22. The Balaban J connectivity index is 1.61. The Bertz CT molecular complexity index is 931. The first-order chi connectivity index (χ1) is 13.2. The fourth-order valence-corrected chi connectivity index (χ4v) is 3.87. The van der Waals surface area contributed by atoms with E-state index in [1.807, 2.05) is 59.2 Å². The van der Waals surface area contributed by atoms with Crippen molar-refractivity contribution in [3.05, 3.63) is 59.6 Å². The van der Waals surface area contributed by atoms with Crippen LogP contribution in [0.15, 0.2) is 59.8 Å². The Labute approximate surface area is 166 Å². The minimum Gasteiger partial charge on any atom is -0.448 e. The molecule has 1 aliphatic heterocycles. The van der Waals surface area contributed by atoms with Gasteiger partial charge in [0.2, 0.25) is 0 Å². The zero-order valence-corrected chi connectivity index (χ0v) is 16.0. The summed E-state index contributed by atoms with van der Waals surface area (Å²) in [6.45, 7) is 1.71. The summed E-state index contributed by atoms with van der Waals surface area (Å²) in [7, 11) is 0. The van der Waals surface area contributed by atoms with Gasteiger partial charge in [0.1, 0.15) is 6.61 Å². The van der Waals surface area contributed by atoms with E-state index in [0.717, 1.165) is 22.2 Å². The van der Waals surface area contributed by atoms with Crippen molar-refractivity contribution in [3.63, 3.8) is 0 Å². The van der Waals surface area contributed by atoms with Crippen LogP contribution in [0.5, 0.6) is 0 Å². The van der Waals surface area contributed by atoms with Gasteiger partial charge in [-0.1, -0.05) is 41.6 Å². The molecule has 0 unspecified atom stereocenters. The van der Waals surface area contributed by atoms with Gasteiger partial charge in [0.05, 0.1) is 6.54 Å². The van der Waals surface area contributed by atoms with Gasteiger partial charge in [-0.2, -0.15) is 0 Å². The minimum absolute atomic E-state index is 0.248. The molecule has 0 bridgehead atoms. The molecule has 1 aromatic heterocycles. The van der Waals surface area contributed by atoms with Crippen LogP contribution in [0.4, 0.5) is 4.79 Å². The van der Waals surface area contributed by atoms with Gasteiger partial charge in [-0.05, 0) is 36.4 Å². The van der Waals surface area contributed by atoms with Gasteiger partial charge in [0, 0.05) is 28.6 Å². The molecule has 0 N–H and O–H groups in total. The Kier molecular flexibility index (Phi) is 5.31. The smallest absolute Gasteiger partial charge is 0.409 e. The number of ether oxygens (including phenoxy) is 1. The number of nitrogens with zero attached hydrogens (tertiary/aromatic N) is 4. The molecule has 0 radical (unpaired) electrons. The molecule has 4 rings (SSSR count). The number of hydrogen-bond acceptors (Lipinski definition) is 5. The van der Waals surface area contributed by atoms with Crippen LogP contribution in [0.1, 0.15) is 0 Å². The number of cyclic esters (lactones) is 1. The lowest BCUT2D eigenvalue weighted by Crippen LogP contribution is -2.26. The molecule has 1 aliphatic rings. The lowest BCUT2D eigenvalue weighted by Gasteiger charge is -2.13. The van der Waals surface area contributed by atoms with E-state index in [4.69, 9.17) is 16.3 Å². The van der Waals surface area contributed by atoms with Crippen LogP contribution in [0.25, 0.3) is 17.1 Å². The summed E-state index contributed by atoms with van der Waals surface area (Å²) in [5, 5.41) is 10.2. The fraction of sp³-hybridized carbons (Fsp3) is 0.211. The summed E-state index contributed by atoms with van der Waals surface area (Å²) < 4.78 is 6.99. The number of carbonyl (C=O) groups excluding carboxylic acids is 1. The largest absolute Gasteiger partial charge is 0.448 e. The predicted molar refractivity (Wildman–Crippen MR) is 105 cm³/mol. The van der Waals surface area contributed by atoms with Gasteiger partial charge in [0.15, 0.2) is 11.0 Å². The van der Waals surface area contributed by atoms with Crippen molar-refractivity contribution in [3.8, 4) is 17.1 Å². The van der Waals surface area contributed by atoms with E-state index in [2.05, 4.69) is 10.2 Å². The van der Waals surface area contributed by atoms with Crippen LogP contribution in [-0.2, 0) is 4.74 Å². The second-order valence-corrected chi connectivity index (χ2v) is 7.43. The summed E-state index contributed by atoms with van der Waals surface area (Å²) in [5.74, 6) is 1.46. The quantitative estimate of drug-likeness (QED) is 0.582. The Morgan fingerprint density at radius 2 is 1.85 bits per heavy atom. The van der Waals surface area contributed by atoms with Crippen LogP contribution < -0.4 is 0 Å². The lowest BCUT2D eigenvalue weighted by molar-refractivity contribution is 0.160. The average molecular weight is 401 g/mol. The van der Waals surface area contributed by atoms with Crippen LogP contribution in [0.2, 0.25) is 5.02 Å². The second kappa shape index (κ2) is 8.02. The fourth-order valence-electron chi connectivity index (χ4n) is 2.84. The number of carbonyl (C=O) groups is 1. The molecule has 2 heterocycles. The van der Waals surface area contributed by atoms with E-state index >= 15 is 0 Å². The molecule has 0 saturated carbocycles. The molecule has 0 aliphatic carbocycles. The number of halogens is 1. The molecule has 1 saturated heterocycles. The highest BCUT2D eigenvalue weighted by molar-refractivity contribution is 7.99. The van der Waals surface area contributed by atoms with Crippen LogP contribution in [0.3, 0.4) is 0 Å². The average Bonchev–Trinajstić information content (AvgIpc) is 3.30. The summed E-state index contributed by atoms with van der Waals surface area (Å²) in [5.41, 5.74) is 1.92. The Morgan fingerprint density at radius 1 is 1.07 bits per heavy atom. The third-order valence-corrected chi connectivity index (χ3v) is 5.35. The maximum atomic E-state index is 11.6. The molecule has 6 nitrogen and oxygen atoms in total. The van der Waals surface area contributed by atoms with Gasteiger partial charge in [-0.25, -0.2) is 4.79 Å². The number of amides is 1. The molecule has 1 amide bonds. The zero-order chi connectivity index (χ0) is 18.6. The number of aromatic nitrogens is 3. The summed E-state index contributed by atoms with van der Waals surface area (Å²) >= 11 is 7.58. The number of hydrogen-bond donors (Lipinski definition) is 0. The molecule has 2 aromatic carbocycles. The lowest BCUT2D eigenvalue weighted by atomic mass is 10.2. The first kappa shape index (κ1) is 17.9. The first-order valence-electron chi connectivity index (χ1n) is 8.53. The van der Waals surface area contributed by atoms with Gasteiger partial charge >= 0.3 is 6.09 Å². The van der Waals surface area contributed by atoms with E-state index in [1.165, 1.54) is 0 Å². The van der Waals surface area contributed by atoms with Crippen molar-refractivity contribution >= 4 is 29.5 Å². The molecule has 0 atom stereocenters. The van der Waals surface area contributed by atoms with Gasteiger partial charge in [0.25, 0.3) is 0 Å². The van der Waals surface area contributed by atoms with Crippen LogP contribution in [0, 0.1) is 0 Å². The van der Waals surface area contributed by atoms with Crippen LogP contribution >= 0.6 is 23.4 Å². The summed E-state index contributed by atoms with van der Waals surface area (Å²) in [6, 6.07) is 17.5. The van der Waals surface area contributed by atoms with Crippen molar-refractivity contribution in [2.75, 3.05) is 25.4 Å². The van der Waals surface area contributed by atoms with Gasteiger partial charge in [-0.3, -0.25) is 4.57 Å². The van der Waals surface area contributed by atoms with E-state index in [-0.39, 0.29) is 6.09 Å². The number of rotatable bonds is 6. The van der Waals surface area contributed by atoms with E-state index in [0.29, 0.717) is 30.5 Å². The molecule has 27 heavy (non-hydrogen) atoms. The highest BCUT2D eigenvalue weighted by Crippen LogP contribution is 2.28. The number of thioether (sulfide) groups is 1. The van der Waals surface area contributed by atoms with E-state index < -0.39 is 0 Å². The first-order valence-corrected chi connectivity index (χ1v) is 9.90. The normalized spacial score (nSPS) is 13.8. The van der Waals surface area contributed by atoms with Crippen molar-refractivity contribution in [1.29, 1.82) is 0 Å². The predicted octanol–water partition coefficient (Wildman–Crippen LogP) is 4.13. The maximum absolute atomic E-state index is 11.6. The van der Waals surface area contributed by atoms with Gasteiger partial charge in [-0.15, -0.1) is 10.2 Å². The molecule has 0 spiro atoms. The zero-order valence-electron chi connectivity index (χ0n) is 14.4. The third kappa shape index (κ3) is 3.94. The summed E-state index contributed by atoms with van der Waals surface area (Å²) in [6.07, 6.45) is -0.248. The van der Waals surface area contributed by atoms with Crippen molar-refractivity contribution < 1.29 is 9.53 Å².